The number of phenols is 1. The van der Waals surface area contributed by atoms with Crippen molar-refractivity contribution in [3.05, 3.63) is 58.1 Å². The second-order valence-corrected chi connectivity index (χ2v) is 13.8. The van der Waals surface area contributed by atoms with E-state index in [0.29, 0.717) is 25.1 Å². The van der Waals surface area contributed by atoms with Crippen molar-refractivity contribution in [3.8, 4) is 23.3 Å². The van der Waals surface area contributed by atoms with E-state index in [1.165, 1.54) is 24.0 Å². The number of likely N-dealkylation sites (tertiary alicyclic amines) is 1. The second-order valence-electron chi connectivity index (χ2n) is 13.8. The Labute approximate surface area is 243 Å². The maximum atomic E-state index is 13.9. The fraction of sp³-hybridized carbons (Fsp3) is 0.571. The van der Waals surface area contributed by atoms with Crippen molar-refractivity contribution in [2.45, 2.75) is 95.4 Å². The number of nitrogens with zero attached hydrogens (tertiary/aromatic N) is 2. The van der Waals surface area contributed by atoms with Gasteiger partial charge in [0.05, 0.1) is 17.1 Å². The Morgan fingerprint density at radius 2 is 1.95 bits per heavy atom. The van der Waals surface area contributed by atoms with Crippen LogP contribution >= 0.6 is 0 Å². The van der Waals surface area contributed by atoms with Crippen LogP contribution in [0.25, 0.3) is 0 Å². The first kappa shape index (κ1) is 26.9. The van der Waals surface area contributed by atoms with Crippen LogP contribution in [0.2, 0.25) is 0 Å². The first-order chi connectivity index (χ1) is 19.6. The van der Waals surface area contributed by atoms with Gasteiger partial charge in [0, 0.05) is 36.2 Å². The fourth-order valence-corrected chi connectivity index (χ4v) is 8.55. The number of hydrogen-bond donors (Lipinski definition) is 2. The predicted molar refractivity (Wildman–Crippen MR) is 158 cm³/mol. The number of piperidine rings is 1. The molecule has 5 aliphatic rings. The molecule has 2 saturated carbocycles. The highest BCUT2D eigenvalue weighted by atomic mass is 16.5. The summed E-state index contributed by atoms with van der Waals surface area (Å²) in [6.45, 7) is 10.9. The lowest BCUT2D eigenvalue weighted by Gasteiger charge is -2.64. The molecule has 7 rings (SSSR count). The summed E-state index contributed by atoms with van der Waals surface area (Å²) in [6.07, 6.45) is 4.91. The zero-order valence-electron chi connectivity index (χ0n) is 24.7. The van der Waals surface area contributed by atoms with Gasteiger partial charge in [-0.1, -0.05) is 31.9 Å². The first-order valence-corrected chi connectivity index (χ1v) is 15.5. The highest BCUT2D eigenvalue weighted by molar-refractivity contribution is 5.94. The number of hydrogen-bond acceptors (Lipinski definition) is 5. The topological polar surface area (TPSA) is 73.2 Å². The van der Waals surface area contributed by atoms with Gasteiger partial charge in [0.2, 0.25) is 0 Å². The van der Waals surface area contributed by atoms with E-state index >= 15 is 0 Å². The van der Waals surface area contributed by atoms with Crippen LogP contribution in [0.15, 0.2) is 30.3 Å². The smallest absolute Gasteiger partial charge is 0.299 e. The molecule has 3 fully saturated rings. The first-order valence-electron chi connectivity index (χ1n) is 15.5. The summed E-state index contributed by atoms with van der Waals surface area (Å²) in [5.41, 5.74) is 3.74. The predicted octanol–water partition coefficient (Wildman–Crippen LogP) is 4.48. The number of ether oxygens (including phenoxy) is 1. The van der Waals surface area contributed by atoms with E-state index in [9.17, 15) is 15.0 Å². The maximum Gasteiger partial charge on any atom is 0.299 e. The number of aromatic hydroxyl groups is 1. The summed E-state index contributed by atoms with van der Waals surface area (Å²) >= 11 is 0. The lowest BCUT2D eigenvalue weighted by Crippen LogP contribution is -2.78. The Morgan fingerprint density at radius 3 is 2.68 bits per heavy atom. The molecule has 2 aliphatic heterocycles. The van der Waals surface area contributed by atoms with Crippen molar-refractivity contribution in [2.24, 2.45) is 11.8 Å². The van der Waals surface area contributed by atoms with Crippen molar-refractivity contribution in [1.29, 1.82) is 0 Å². The largest absolute Gasteiger partial charge is 0.504 e. The normalized spacial score (nSPS) is 31.2. The summed E-state index contributed by atoms with van der Waals surface area (Å²) in [6, 6.07) is 9.59. The van der Waals surface area contributed by atoms with Crippen LogP contribution in [-0.2, 0) is 16.6 Å². The van der Waals surface area contributed by atoms with Gasteiger partial charge in [-0.25, -0.2) is 0 Å². The van der Waals surface area contributed by atoms with Crippen molar-refractivity contribution in [1.82, 2.24) is 9.80 Å². The molecule has 1 spiro atoms. The Bertz CT molecular complexity index is 1470. The van der Waals surface area contributed by atoms with E-state index in [1.807, 2.05) is 29.2 Å². The lowest BCUT2D eigenvalue weighted by atomic mass is 9.48. The van der Waals surface area contributed by atoms with E-state index < -0.39 is 17.1 Å². The molecule has 6 heteroatoms. The third-order valence-electron chi connectivity index (χ3n) is 10.8. The third kappa shape index (κ3) is 4.03. The number of amides is 1. The minimum absolute atomic E-state index is 0.0192. The SMILES string of the molecule is Cc1ccc(C#CC(=O)N(CC(C)C)[C@H]2CC[C@@]3(O)[C@H]4Cc5ccc(O)c6c5[C@@]3(CCN4CC3CC3)[C@H]2O6)cc1C. The molecule has 2 N–H and O–H groups in total. The second kappa shape index (κ2) is 9.51. The molecule has 0 unspecified atom stereocenters. The van der Waals surface area contributed by atoms with Gasteiger partial charge >= 0.3 is 0 Å². The molecule has 1 amide bonds. The molecule has 2 aromatic rings. The summed E-state index contributed by atoms with van der Waals surface area (Å²) < 4.78 is 6.75. The van der Waals surface area contributed by atoms with Crippen LogP contribution in [0.4, 0.5) is 0 Å². The number of phenolic OH excluding ortho intramolecular Hbond substituents is 1. The Hall–Kier alpha value is -3.01. The fourth-order valence-electron chi connectivity index (χ4n) is 8.55. The van der Waals surface area contributed by atoms with Crippen LogP contribution in [-0.4, -0.2) is 69.3 Å². The van der Waals surface area contributed by atoms with Gasteiger partial charge in [0.25, 0.3) is 5.91 Å². The number of carbonyl (C=O) groups is 1. The summed E-state index contributed by atoms with van der Waals surface area (Å²) in [4.78, 5) is 18.4. The van der Waals surface area contributed by atoms with Crippen molar-refractivity contribution in [2.75, 3.05) is 19.6 Å². The highest BCUT2D eigenvalue weighted by Gasteiger charge is 2.73. The molecule has 0 radical (unpaired) electrons. The molecule has 216 valence electrons. The molecule has 2 bridgehead atoms. The summed E-state index contributed by atoms with van der Waals surface area (Å²) in [7, 11) is 0. The standard InChI is InChI=1S/C35H42N2O4/c1-21(2)19-37(30(39)12-9-24-6-5-22(3)23(4)17-24)27-13-14-35(40)29-18-26-10-11-28(38)32-31(26)34(35,33(27)41-32)15-16-36(29)20-25-7-8-25/h5-6,10-11,17,21,25,27,29,33,38,40H,7-8,13-16,18-20H2,1-4H3/t27-,29+,33-,34-,35+/m0/s1. The van der Waals surface area contributed by atoms with E-state index in [-0.39, 0.29) is 29.7 Å². The van der Waals surface area contributed by atoms with E-state index in [1.54, 1.807) is 6.07 Å². The third-order valence-corrected chi connectivity index (χ3v) is 10.8. The number of carbonyl (C=O) groups excluding carboxylic acids is 1. The summed E-state index contributed by atoms with van der Waals surface area (Å²) in [5, 5.41) is 23.8. The molecular formula is C35H42N2O4. The average molecular weight is 555 g/mol. The molecule has 3 aliphatic carbocycles. The Kier molecular flexibility index (Phi) is 6.23. The van der Waals surface area contributed by atoms with Gasteiger partial charge < -0.3 is 19.8 Å². The van der Waals surface area contributed by atoms with Crippen LogP contribution in [0.5, 0.6) is 11.5 Å². The molecule has 0 aromatic heterocycles. The molecule has 41 heavy (non-hydrogen) atoms. The van der Waals surface area contributed by atoms with Crippen LogP contribution in [0.3, 0.4) is 0 Å². The molecule has 2 aromatic carbocycles. The molecule has 1 saturated heterocycles. The van der Waals surface area contributed by atoms with Gasteiger partial charge in [-0.2, -0.15) is 0 Å². The average Bonchev–Trinajstić information content (AvgIpc) is 3.68. The van der Waals surface area contributed by atoms with Crippen LogP contribution < -0.4 is 4.74 Å². The minimum Gasteiger partial charge on any atom is -0.504 e. The van der Waals surface area contributed by atoms with Crippen molar-refractivity contribution in [3.63, 3.8) is 0 Å². The number of rotatable bonds is 5. The Morgan fingerprint density at radius 1 is 1.15 bits per heavy atom. The number of aryl methyl sites for hydroxylation is 2. The van der Waals surface area contributed by atoms with E-state index in [4.69, 9.17) is 4.74 Å². The minimum atomic E-state index is -0.967. The molecule has 2 heterocycles. The van der Waals surface area contributed by atoms with E-state index in [2.05, 4.69) is 44.4 Å². The Balaban J connectivity index is 1.28. The zero-order valence-corrected chi connectivity index (χ0v) is 24.7. The molecule has 6 nitrogen and oxygen atoms in total. The van der Waals surface area contributed by atoms with Gasteiger partial charge in [0.15, 0.2) is 11.5 Å². The highest BCUT2D eigenvalue weighted by Crippen LogP contribution is 2.66. The maximum absolute atomic E-state index is 13.9. The number of aliphatic hydroxyl groups is 1. The monoisotopic (exact) mass is 554 g/mol. The van der Waals surface area contributed by atoms with E-state index in [0.717, 1.165) is 48.5 Å². The quantitative estimate of drug-likeness (QED) is 0.534. The van der Waals surface area contributed by atoms with Gasteiger partial charge in [-0.15, -0.1) is 0 Å². The van der Waals surface area contributed by atoms with Gasteiger partial charge in [-0.3, -0.25) is 9.69 Å². The van der Waals surface area contributed by atoms with Crippen molar-refractivity contribution >= 4 is 5.91 Å². The molecule has 5 atom stereocenters. The van der Waals surface area contributed by atoms with Crippen LogP contribution in [0.1, 0.15) is 73.8 Å². The van der Waals surface area contributed by atoms with Crippen LogP contribution in [0, 0.1) is 37.5 Å². The van der Waals surface area contributed by atoms with Crippen molar-refractivity contribution < 1.29 is 19.7 Å². The molecular weight excluding hydrogens is 512 g/mol. The number of benzene rings is 2. The van der Waals surface area contributed by atoms with Gasteiger partial charge in [-0.05, 0) is 106 Å². The summed E-state index contributed by atoms with van der Waals surface area (Å²) in [5.74, 6) is 7.51. The zero-order chi connectivity index (χ0) is 28.7. The van der Waals surface area contributed by atoms with Gasteiger partial charge in [0.1, 0.15) is 6.10 Å². The lowest BCUT2D eigenvalue weighted by molar-refractivity contribution is -0.201.